The van der Waals surface area contributed by atoms with Gasteiger partial charge in [-0.25, -0.2) is 9.97 Å². The van der Waals surface area contributed by atoms with Gasteiger partial charge in [0.25, 0.3) is 0 Å². The Morgan fingerprint density at radius 3 is 2.15 bits per heavy atom. The molecule has 1 aromatic heterocycles. The van der Waals surface area contributed by atoms with E-state index in [9.17, 15) is 0 Å². The predicted molar refractivity (Wildman–Crippen MR) is 148 cm³/mol. The minimum Gasteiger partial charge on any atom is -0.233 e. The highest BCUT2D eigenvalue weighted by molar-refractivity contribution is 5.92. The molecule has 0 saturated heterocycles. The van der Waals surface area contributed by atoms with Crippen molar-refractivity contribution >= 4 is 22.9 Å². The SMILES string of the molecule is CC=Cc1cc(-c2cc(-c3cc4ccccc4c(C)c3C)nc(C)n2)c(C=CCC)c(C)c1C. The minimum absolute atomic E-state index is 0.786. The van der Waals surface area contributed by atoms with Crippen molar-refractivity contribution in [2.24, 2.45) is 0 Å². The Morgan fingerprint density at radius 2 is 1.44 bits per heavy atom. The quantitative estimate of drug-likeness (QED) is 0.306. The van der Waals surface area contributed by atoms with E-state index < -0.39 is 0 Å². The molecule has 0 unspecified atom stereocenters. The molecule has 34 heavy (non-hydrogen) atoms. The van der Waals surface area contributed by atoms with Gasteiger partial charge in [-0.05, 0) is 110 Å². The molecule has 4 aromatic rings. The molecular weight excluding hydrogens is 412 g/mol. The van der Waals surface area contributed by atoms with Crippen molar-refractivity contribution in [1.82, 2.24) is 9.97 Å². The number of benzene rings is 3. The van der Waals surface area contributed by atoms with E-state index in [-0.39, 0.29) is 0 Å². The lowest BCUT2D eigenvalue weighted by Gasteiger charge is -2.17. The predicted octanol–water partition coefficient (Wildman–Crippen LogP) is 8.96. The number of aromatic nitrogens is 2. The lowest BCUT2D eigenvalue weighted by molar-refractivity contribution is 1.06. The van der Waals surface area contributed by atoms with Crippen molar-refractivity contribution in [2.75, 3.05) is 0 Å². The second kappa shape index (κ2) is 9.77. The van der Waals surface area contributed by atoms with Crippen LogP contribution >= 0.6 is 0 Å². The molecule has 0 fully saturated rings. The van der Waals surface area contributed by atoms with Crippen molar-refractivity contribution in [3.63, 3.8) is 0 Å². The number of aryl methyl sites for hydroxylation is 2. The van der Waals surface area contributed by atoms with Crippen LogP contribution in [0.1, 0.15) is 59.5 Å². The summed E-state index contributed by atoms with van der Waals surface area (Å²) in [5, 5.41) is 2.54. The molecule has 172 valence electrons. The standard InChI is InChI=1S/C32H34N2/c1-8-10-15-28-21(4)20(3)25(13-9-2)17-30(28)32-19-31(33-24(7)34-32)29-18-26-14-11-12-16-27(26)22(5)23(29)6/h9-19H,8H2,1-7H3. The molecule has 0 saturated carbocycles. The summed E-state index contributed by atoms with van der Waals surface area (Å²) < 4.78 is 0. The van der Waals surface area contributed by atoms with Crippen LogP contribution < -0.4 is 0 Å². The monoisotopic (exact) mass is 446 g/mol. The average Bonchev–Trinajstić information content (AvgIpc) is 2.83. The van der Waals surface area contributed by atoms with Crippen LogP contribution in [0.2, 0.25) is 0 Å². The smallest absolute Gasteiger partial charge is 0.126 e. The normalized spacial score (nSPS) is 11.9. The zero-order valence-electron chi connectivity index (χ0n) is 21.5. The van der Waals surface area contributed by atoms with Crippen molar-refractivity contribution in [1.29, 1.82) is 0 Å². The van der Waals surface area contributed by atoms with Crippen LogP contribution in [-0.2, 0) is 0 Å². The van der Waals surface area contributed by atoms with Gasteiger partial charge in [0.05, 0.1) is 11.4 Å². The lowest BCUT2D eigenvalue weighted by Crippen LogP contribution is -2.01. The van der Waals surface area contributed by atoms with Crippen LogP contribution in [0, 0.1) is 34.6 Å². The summed E-state index contributed by atoms with van der Waals surface area (Å²) >= 11 is 0. The summed E-state index contributed by atoms with van der Waals surface area (Å²) in [6.07, 6.45) is 9.76. The highest BCUT2D eigenvalue weighted by Crippen LogP contribution is 2.35. The van der Waals surface area contributed by atoms with Crippen molar-refractivity contribution < 1.29 is 0 Å². The van der Waals surface area contributed by atoms with Gasteiger partial charge in [0, 0.05) is 11.1 Å². The van der Waals surface area contributed by atoms with E-state index in [2.05, 4.69) is 108 Å². The molecule has 0 N–H and O–H groups in total. The number of hydrogen-bond donors (Lipinski definition) is 0. The Labute approximate surface area is 204 Å². The number of allylic oxidation sites excluding steroid dienone is 2. The molecule has 0 amide bonds. The molecular formula is C32H34N2. The first-order chi connectivity index (χ1) is 16.3. The van der Waals surface area contributed by atoms with E-state index in [4.69, 9.17) is 9.97 Å². The molecule has 0 aliphatic carbocycles. The molecule has 0 bridgehead atoms. The zero-order chi connectivity index (χ0) is 24.4. The van der Waals surface area contributed by atoms with Gasteiger partial charge in [-0.15, -0.1) is 0 Å². The van der Waals surface area contributed by atoms with Crippen LogP contribution in [-0.4, -0.2) is 9.97 Å². The molecule has 0 aliphatic rings. The van der Waals surface area contributed by atoms with Crippen LogP contribution in [0.3, 0.4) is 0 Å². The van der Waals surface area contributed by atoms with E-state index in [1.165, 1.54) is 49.7 Å². The van der Waals surface area contributed by atoms with Gasteiger partial charge in [0.2, 0.25) is 0 Å². The molecule has 0 spiro atoms. The molecule has 4 rings (SSSR count). The molecule has 2 nitrogen and oxygen atoms in total. The fraction of sp³-hybridized carbons (Fsp3) is 0.250. The largest absolute Gasteiger partial charge is 0.233 e. The highest BCUT2D eigenvalue weighted by atomic mass is 14.9. The van der Waals surface area contributed by atoms with Gasteiger partial charge in [-0.1, -0.05) is 55.5 Å². The summed E-state index contributed by atoms with van der Waals surface area (Å²) in [4.78, 5) is 9.80. The maximum Gasteiger partial charge on any atom is 0.126 e. The first-order valence-electron chi connectivity index (χ1n) is 12.1. The second-order valence-electron chi connectivity index (χ2n) is 9.07. The van der Waals surface area contributed by atoms with E-state index in [1.807, 2.05) is 6.92 Å². The van der Waals surface area contributed by atoms with Gasteiger partial charge in [0.15, 0.2) is 0 Å². The van der Waals surface area contributed by atoms with Gasteiger partial charge >= 0.3 is 0 Å². The minimum atomic E-state index is 0.786. The Morgan fingerprint density at radius 1 is 0.735 bits per heavy atom. The third kappa shape index (κ3) is 4.33. The average molecular weight is 447 g/mol. The molecule has 2 heteroatoms. The van der Waals surface area contributed by atoms with Crippen molar-refractivity contribution in [3.05, 3.63) is 93.8 Å². The Bertz CT molecular complexity index is 1440. The zero-order valence-corrected chi connectivity index (χ0v) is 21.5. The molecule has 0 atom stereocenters. The van der Waals surface area contributed by atoms with Crippen LogP contribution in [0.5, 0.6) is 0 Å². The number of fused-ring (bicyclic) bond motifs is 1. The fourth-order valence-corrected chi connectivity index (χ4v) is 4.72. The van der Waals surface area contributed by atoms with Gasteiger partial charge in [-0.3, -0.25) is 0 Å². The van der Waals surface area contributed by atoms with Gasteiger partial charge in [-0.2, -0.15) is 0 Å². The highest BCUT2D eigenvalue weighted by Gasteiger charge is 2.16. The van der Waals surface area contributed by atoms with E-state index in [1.54, 1.807) is 0 Å². The first kappa shape index (κ1) is 23.6. The summed E-state index contributed by atoms with van der Waals surface area (Å²) in [7, 11) is 0. The maximum absolute atomic E-state index is 4.92. The number of rotatable bonds is 5. The summed E-state index contributed by atoms with van der Waals surface area (Å²) in [6.45, 7) is 15.1. The van der Waals surface area contributed by atoms with E-state index >= 15 is 0 Å². The third-order valence-corrected chi connectivity index (χ3v) is 6.88. The Hall–Kier alpha value is -3.52. The third-order valence-electron chi connectivity index (χ3n) is 6.88. The maximum atomic E-state index is 4.92. The summed E-state index contributed by atoms with van der Waals surface area (Å²) in [6, 6.07) is 15.3. The number of hydrogen-bond acceptors (Lipinski definition) is 2. The van der Waals surface area contributed by atoms with Crippen molar-refractivity contribution in [3.8, 4) is 22.5 Å². The Balaban J connectivity index is 1.99. The molecule has 3 aromatic carbocycles. The van der Waals surface area contributed by atoms with E-state index in [0.717, 1.165) is 29.2 Å². The van der Waals surface area contributed by atoms with Crippen LogP contribution in [0.25, 0.3) is 45.4 Å². The fourth-order valence-electron chi connectivity index (χ4n) is 4.72. The van der Waals surface area contributed by atoms with Gasteiger partial charge in [0.1, 0.15) is 5.82 Å². The van der Waals surface area contributed by atoms with E-state index in [0.29, 0.717) is 0 Å². The van der Waals surface area contributed by atoms with Crippen LogP contribution in [0.4, 0.5) is 0 Å². The molecule has 0 radical (unpaired) electrons. The Kier molecular flexibility index (Phi) is 6.79. The molecule has 1 heterocycles. The first-order valence-corrected chi connectivity index (χ1v) is 12.1. The van der Waals surface area contributed by atoms with Crippen LogP contribution in [0.15, 0.2) is 54.6 Å². The summed E-state index contributed by atoms with van der Waals surface area (Å²) in [5.41, 5.74) is 11.9. The van der Waals surface area contributed by atoms with Gasteiger partial charge < -0.3 is 0 Å². The second-order valence-corrected chi connectivity index (χ2v) is 9.07. The topological polar surface area (TPSA) is 25.8 Å². The number of nitrogens with zero attached hydrogens (tertiary/aromatic N) is 2. The molecule has 0 aliphatic heterocycles. The summed E-state index contributed by atoms with van der Waals surface area (Å²) in [5.74, 6) is 0.786. The lowest BCUT2D eigenvalue weighted by atomic mass is 9.89. The van der Waals surface area contributed by atoms with Crippen molar-refractivity contribution in [2.45, 2.75) is 54.9 Å².